The first-order chi connectivity index (χ1) is 22.6. The molecule has 3 aromatic carbocycles. The Morgan fingerprint density at radius 2 is 1.34 bits per heavy atom. The highest BCUT2D eigenvalue weighted by Crippen LogP contribution is 2.44. The van der Waals surface area contributed by atoms with E-state index in [2.05, 4.69) is 0 Å². The van der Waals surface area contributed by atoms with Crippen molar-refractivity contribution in [3.05, 3.63) is 100 Å². The molecule has 0 aromatic heterocycles. The normalized spacial score (nSPS) is 21.6. The molecule has 0 atom stereocenters. The Hall–Kier alpha value is -3.75. The Labute approximate surface area is 272 Å². The van der Waals surface area contributed by atoms with Gasteiger partial charge in [-0.05, 0) is 119 Å². The summed E-state index contributed by atoms with van der Waals surface area (Å²) in [6, 6.07) is 7.78. The summed E-state index contributed by atoms with van der Waals surface area (Å²) in [6.07, 6.45) is 9.92. The topological polar surface area (TPSA) is 35.5 Å². The van der Waals surface area contributed by atoms with E-state index < -0.39 is 63.7 Å². The van der Waals surface area contributed by atoms with Crippen molar-refractivity contribution in [3.8, 4) is 16.9 Å². The van der Waals surface area contributed by atoms with Crippen molar-refractivity contribution < 1.29 is 40.6 Å². The molecule has 2 aliphatic carbocycles. The minimum atomic E-state index is -1.47. The summed E-state index contributed by atoms with van der Waals surface area (Å²) in [7, 11) is 0. The van der Waals surface area contributed by atoms with Gasteiger partial charge in [-0.3, -0.25) is 0 Å². The third kappa shape index (κ3) is 7.54. The van der Waals surface area contributed by atoms with Crippen LogP contribution in [0.15, 0.2) is 48.6 Å². The van der Waals surface area contributed by atoms with Gasteiger partial charge in [-0.2, -0.15) is 4.39 Å². The monoisotopic (exact) mass is 658 g/mol. The second-order valence-electron chi connectivity index (χ2n) is 12.6. The van der Waals surface area contributed by atoms with Gasteiger partial charge in [0, 0.05) is 11.1 Å². The van der Waals surface area contributed by atoms with Crippen molar-refractivity contribution in [2.24, 2.45) is 11.8 Å². The Morgan fingerprint density at radius 3 is 1.98 bits per heavy atom. The molecule has 3 aromatic rings. The molecule has 2 fully saturated rings. The number of rotatable bonds is 10. The molecule has 9 heteroatoms. The number of ether oxygens (including phenoxy) is 2. The SMILES string of the molecule is C/C=C/CCc1ccc(-c2ccc(C(=O)OC3CCC(C4CCC(c5ccc(OCC)c(F)c5F)CC4)CC3)c(F)c2F)c(F)c1F. The molecule has 0 saturated heterocycles. The first kappa shape index (κ1) is 34.6. The predicted octanol–water partition coefficient (Wildman–Crippen LogP) is 10.8. The third-order valence-electron chi connectivity index (χ3n) is 9.82. The van der Waals surface area contributed by atoms with Crippen molar-refractivity contribution in [1.82, 2.24) is 0 Å². The number of hydrogen-bond donors (Lipinski definition) is 0. The fourth-order valence-corrected chi connectivity index (χ4v) is 7.23. The standard InChI is InChI=1S/C38H40F6O3/c1-3-5-6-7-25-14-17-28(34(41)32(25)39)29-18-19-30(36(43)35(29)42)38(45)47-26-15-12-23(13-16-26)22-8-10-24(11-9-22)27-20-21-31(46-4-2)37(44)33(27)40/h3,5,14,17-24,26H,4,6-13,15-16H2,1-2H3/b5-3+. The Morgan fingerprint density at radius 1 is 0.723 bits per heavy atom. The van der Waals surface area contributed by atoms with E-state index in [1.807, 2.05) is 13.0 Å². The smallest absolute Gasteiger partial charge is 0.341 e. The molecule has 0 radical (unpaired) electrons. The van der Waals surface area contributed by atoms with Crippen LogP contribution in [0.5, 0.6) is 5.75 Å². The lowest BCUT2D eigenvalue weighted by molar-refractivity contribution is 0.0109. The van der Waals surface area contributed by atoms with Crippen LogP contribution in [0.3, 0.4) is 0 Å². The van der Waals surface area contributed by atoms with Gasteiger partial charge in [-0.1, -0.05) is 36.4 Å². The van der Waals surface area contributed by atoms with Gasteiger partial charge in [0.05, 0.1) is 12.2 Å². The highest BCUT2D eigenvalue weighted by atomic mass is 19.2. The summed E-state index contributed by atoms with van der Waals surface area (Å²) in [5.41, 5.74) is -1.00. The van der Waals surface area contributed by atoms with E-state index >= 15 is 8.78 Å². The van der Waals surface area contributed by atoms with E-state index in [1.165, 1.54) is 18.2 Å². The van der Waals surface area contributed by atoms with Crippen LogP contribution in [0.25, 0.3) is 11.1 Å². The minimum absolute atomic E-state index is 0.0570. The molecule has 3 nitrogen and oxygen atoms in total. The number of carbonyl (C=O) groups excluding carboxylic acids is 1. The first-order valence-electron chi connectivity index (χ1n) is 16.5. The van der Waals surface area contributed by atoms with Gasteiger partial charge >= 0.3 is 5.97 Å². The Balaban J connectivity index is 1.15. The number of esters is 1. The van der Waals surface area contributed by atoms with E-state index in [0.29, 0.717) is 36.7 Å². The van der Waals surface area contributed by atoms with Crippen LogP contribution in [0.2, 0.25) is 0 Å². The van der Waals surface area contributed by atoms with Crippen molar-refractivity contribution in [2.75, 3.05) is 6.61 Å². The van der Waals surface area contributed by atoms with Gasteiger partial charge in [-0.25, -0.2) is 26.7 Å². The quantitative estimate of drug-likeness (QED) is 0.124. The largest absolute Gasteiger partial charge is 0.491 e. The van der Waals surface area contributed by atoms with Crippen LogP contribution >= 0.6 is 0 Å². The fraction of sp³-hybridized carbons (Fsp3) is 0.447. The van der Waals surface area contributed by atoms with Crippen LogP contribution < -0.4 is 4.74 Å². The van der Waals surface area contributed by atoms with E-state index in [9.17, 15) is 22.4 Å². The highest BCUT2D eigenvalue weighted by molar-refractivity contribution is 5.90. The summed E-state index contributed by atoms with van der Waals surface area (Å²) in [5.74, 6) is -7.42. The Kier molecular flexibility index (Phi) is 11.4. The maximum atomic E-state index is 15.1. The molecule has 252 valence electrons. The molecule has 2 aliphatic rings. The van der Waals surface area contributed by atoms with Crippen LogP contribution in [-0.4, -0.2) is 18.7 Å². The lowest BCUT2D eigenvalue weighted by atomic mass is 9.69. The maximum absolute atomic E-state index is 15.1. The van der Waals surface area contributed by atoms with Gasteiger partial charge in [-0.15, -0.1) is 0 Å². The van der Waals surface area contributed by atoms with Gasteiger partial charge in [0.25, 0.3) is 0 Å². The van der Waals surface area contributed by atoms with Crippen LogP contribution in [0.1, 0.15) is 99.0 Å². The Bertz CT molecular complexity index is 1600. The molecular formula is C38H40F6O3. The van der Waals surface area contributed by atoms with Crippen LogP contribution in [0, 0.1) is 46.7 Å². The van der Waals surface area contributed by atoms with Gasteiger partial charge in [0.2, 0.25) is 5.82 Å². The zero-order valence-corrected chi connectivity index (χ0v) is 26.7. The molecule has 5 rings (SSSR count). The van der Waals surface area contributed by atoms with Crippen molar-refractivity contribution in [3.63, 3.8) is 0 Å². The molecule has 0 bridgehead atoms. The van der Waals surface area contributed by atoms with E-state index in [-0.39, 0.29) is 30.3 Å². The molecule has 2 saturated carbocycles. The molecular weight excluding hydrogens is 618 g/mol. The van der Waals surface area contributed by atoms with Crippen molar-refractivity contribution in [1.29, 1.82) is 0 Å². The van der Waals surface area contributed by atoms with Gasteiger partial charge in [0.1, 0.15) is 6.10 Å². The summed E-state index contributed by atoms with van der Waals surface area (Å²) < 4.78 is 99.6. The van der Waals surface area contributed by atoms with Gasteiger partial charge in [0.15, 0.2) is 34.8 Å². The summed E-state index contributed by atoms with van der Waals surface area (Å²) >= 11 is 0. The van der Waals surface area contributed by atoms with Crippen LogP contribution in [0.4, 0.5) is 26.3 Å². The second-order valence-corrected chi connectivity index (χ2v) is 12.6. The average molecular weight is 659 g/mol. The predicted molar refractivity (Wildman–Crippen MR) is 168 cm³/mol. The number of benzene rings is 3. The number of carbonyl (C=O) groups is 1. The summed E-state index contributed by atoms with van der Waals surface area (Å²) in [4.78, 5) is 12.9. The van der Waals surface area contributed by atoms with E-state index in [4.69, 9.17) is 9.47 Å². The fourth-order valence-electron chi connectivity index (χ4n) is 7.23. The minimum Gasteiger partial charge on any atom is -0.491 e. The average Bonchev–Trinajstić information content (AvgIpc) is 3.07. The molecule has 0 N–H and O–H groups in total. The first-order valence-corrected chi connectivity index (χ1v) is 16.5. The number of aryl methyl sites for hydroxylation is 1. The second kappa shape index (κ2) is 15.4. The van der Waals surface area contributed by atoms with E-state index in [1.54, 1.807) is 19.1 Å². The molecule has 0 amide bonds. The third-order valence-corrected chi connectivity index (χ3v) is 9.82. The molecule has 0 aliphatic heterocycles. The zero-order valence-electron chi connectivity index (χ0n) is 26.7. The van der Waals surface area contributed by atoms with Crippen molar-refractivity contribution >= 4 is 5.97 Å². The molecule has 47 heavy (non-hydrogen) atoms. The molecule has 0 unspecified atom stereocenters. The summed E-state index contributed by atoms with van der Waals surface area (Å²) in [5, 5.41) is 0. The van der Waals surface area contributed by atoms with Gasteiger partial charge < -0.3 is 9.47 Å². The van der Waals surface area contributed by atoms with E-state index in [0.717, 1.165) is 50.7 Å². The van der Waals surface area contributed by atoms with Crippen LogP contribution in [-0.2, 0) is 11.2 Å². The number of allylic oxidation sites excluding steroid dienone is 2. The molecule has 0 spiro atoms. The molecule has 0 heterocycles. The number of hydrogen-bond acceptors (Lipinski definition) is 3. The lowest BCUT2D eigenvalue weighted by Gasteiger charge is -2.37. The van der Waals surface area contributed by atoms with Crippen molar-refractivity contribution in [2.45, 2.75) is 90.1 Å². The maximum Gasteiger partial charge on any atom is 0.341 e. The highest BCUT2D eigenvalue weighted by Gasteiger charge is 2.34. The zero-order chi connectivity index (χ0) is 33.7. The number of halogens is 6. The summed E-state index contributed by atoms with van der Waals surface area (Å²) in [6.45, 7) is 3.79. The lowest BCUT2D eigenvalue weighted by Crippen LogP contribution is -2.30.